The molecule has 0 radical (unpaired) electrons. The van der Waals surface area contributed by atoms with Crippen LogP contribution in [0.25, 0.3) is 0 Å². The molecule has 0 bridgehead atoms. The number of anilines is 1. The molecule has 2 heterocycles. The molecule has 2 aliphatic heterocycles. The average Bonchev–Trinajstić information content (AvgIpc) is 2.95. The molecule has 0 unspecified atom stereocenters. The second kappa shape index (κ2) is 6.65. The molecule has 2 aromatic carbocycles. The molecule has 0 aromatic heterocycles. The summed E-state index contributed by atoms with van der Waals surface area (Å²) in [6.45, 7) is 2.12. The van der Waals surface area contributed by atoms with E-state index in [9.17, 15) is 4.79 Å². The first-order chi connectivity index (χ1) is 11.7. The Bertz CT molecular complexity index is 819. The monoisotopic (exact) mass is 354 g/mol. The third-order valence-electron chi connectivity index (χ3n) is 4.35. The minimum atomic E-state index is 0.166. The highest BCUT2D eigenvalue weighted by Gasteiger charge is 2.30. The van der Waals surface area contributed by atoms with Gasteiger partial charge in [0.1, 0.15) is 4.38 Å². The van der Waals surface area contributed by atoms with Gasteiger partial charge in [-0.3, -0.25) is 4.79 Å². The van der Waals surface area contributed by atoms with Crippen molar-refractivity contribution in [1.29, 1.82) is 0 Å². The third kappa shape index (κ3) is 2.98. The smallest absolute Gasteiger partial charge is 0.237 e. The molecule has 4 rings (SSSR count). The van der Waals surface area contributed by atoms with Crippen LogP contribution in [0.2, 0.25) is 0 Å². The number of benzene rings is 2. The van der Waals surface area contributed by atoms with E-state index >= 15 is 0 Å². The van der Waals surface area contributed by atoms with Crippen molar-refractivity contribution in [2.75, 3.05) is 10.7 Å². The van der Waals surface area contributed by atoms with Crippen LogP contribution in [0, 0.1) is 0 Å². The molecular weight excluding hydrogens is 336 g/mol. The van der Waals surface area contributed by atoms with Gasteiger partial charge in [0.05, 0.1) is 11.4 Å². The largest absolute Gasteiger partial charge is 0.308 e. The van der Waals surface area contributed by atoms with Crippen molar-refractivity contribution in [1.82, 2.24) is 0 Å². The van der Waals surface area contributed by atoms with Crippen molar-refractivity contribution in [3.8, 4) is 0 Å². The minimum absolute atomic E-state index is 0.166. The zero-order chi connectivity index (χ0) is 16.5. The zero-order valence-electron chi connectivity index (χ0n) is 13.4. The summed E-state index contributed by atoms with van der Waals surface area (Å²) in [5.41, 5.74) is 4.63. The van der Waals surface area contributed by atoms with E-state index in [1.54, 1.807) is 23.5 Å². The summed E-state index contributed by atoms with van der Waals surface area (Å²) in [6, 6.07) is 16.6. The van der Waals surface area contributed by atoms with Crippen LogP contribution >= 0.6 is 23.5 Å². The lowest BCUT2D eigenvalue weighted by molar-refractivity contribution is -0.116. The molecule has 0 saturated carbocycles. The van der Waals surface area contributed by atoms with E-state index in [-0.39, 0.29) is 11.9 Å². The Kier molecular flexibility index (Phi) is 4.37. The molecule has 0 fully saturated rings. The molecule has 0 saturated heterocycles. The highest BCUT2D eigenvalue weighted by molar-refractivity contribution is 8.38. The molecule has 24 heavy (non-hydrogen) atoms. The fourth-order valence-electron chi connectivity index (χ4n) is 3.22. The predicted molar refractivity (Wildman–Crippen MR) is 104 cm³/mol. The zero-order valence-corrected chi connectivity index (χ0v) is 15.1. The summed E-state index contributed by atoms with van der Waals surface area (Å²) in [7, 11) is 0. The van der Waals surface area contributed by atoms with Crippen molar-refractivity contribution in [2.45, 2.75) is 25.1 Å². The first kappa shape index (κ1) is 15.8. The number of nitrogens with zero attached hydrogens (tertiary/aromatic N) is 2. The standard InChI is InChI=1S/C19H18N2OS2/c1-13-10-14-6-3-5-9-17(14)21(13)18(22)12-24-19-20-16-8-4-2-7-15(16)11-23-19/h2-9,13H,10-12H2,1H3/t13-/m0/s1. The number of carbonyl (C=O) groups is 1. The topological polar surface area (TPSA) is 32.7 Å². The van der Waals surface area contributed by atoms with Gasteiger partial charge in [0.2, 0.25) is 5.91 Å². The van der Waals surface area contributed by atoms with Crippen LogP contribution < -0.4 is 4.90 Å². The molecule has 122 valence electrons. The van der Waals surface area contributed by atoms with Gasteiger partial charge >= 0.3 is 0 Å². The Balaban J connectivity index is 1.46. The highest BCUT2D eigenvalue weighted by atomic mass is 32.2. The number of fused-ring (bicyclic) bond motifs is 2. The number of para-hydroxylation sites is 2. The molecule has 0 N–H and O–H groups in total. The lowest BCUT2D eigenvalue weighted by Crippen LogP contribution is -2.37. The van der Waals surface area contributed by atoms with E-state index in [4.69, 9.17) is 0 Å². The fraction of sp³-hybridized carbons (Fsp3) is 0.263. The molecule has 0 spiro atoms. The van der Waals surface area contributed by atoms with Crippen LogP contribution in [0.3, 0.4) is 0 Å². The summed E-state index contributed by atoms with van der Waals surface area (Å²) >= 11 is 3.27. The second-order valence-corrected chi connectivity index (χ2v) is 8.22. The number of hydrogen-bond acceptors (Lipinski definition) is 4. The third-order valence-corrected chi connectivity index (χ3v) is 6.58. The van der Waals surface area contributed by atoms with Gasteiger partial charge in [-0.2, -0.15) is 0 Å². The molecule has 1 amide bonds. The Morgan fingerprint density at radius 1 is 1.21 bits per heavy atom. The Labute approximate surface area is 150 Å². The molecule has 2 aliphatic rings. The summed E-state index contributed by atoms with van der Waals surface area (Å²) < 4.78 is 0.988. The van der Waals surface area contributed by atoms with Gasteiger partial charge in [-0.25, -0.2) is 4.99 Å². The van der Waals surface area contributed by atoms with Gasteiger partial charge in [-0.05, 0) is 36.6 Å². The fourth-order valence-corrected chi connectivity index (χ4v) is 5.15. The quantitative estimate of drug-likeness (QED) is 0.788. The van der Waals surface area contributed by atoms with Crippen LogP contribution in [0.1, 0.15) is 18.1 Å². The van der Waals surface area contributed by atoms with E-state index in [2.05, 4.69) is 24.0 Å². The first-order valence-corrected chi connectivity index (χ1v) is 10.0. The van der Waals surface area contributed by atoms with Gasteiger partial charge in [-0.15, -0.1) is 0 Å². The van der Waals surface area contributed by atoms with Gasteiger partial charge in [0, 0.05) is 17.5 Å². The Hall–Kier alpha value is -1.72. The molecule has 0 aliphatic carbocycles. The van der Waals surface area contributed by atoms with E-state index in [1.807, 2.05) is 41.3 Å². The minimum Gasteiger partial charge on any atom is -0.308 e. The summed E-state index contributed by atoms with van der Waals surface area (Å²) in [5, 5.41) is 0. The van der Waals surface area contributed by atoms with Crippen molar-refractivity contribution < 1.29 is 4.79 Å². The maximum Gasteiger partial charge on any atom is 0.237 e. The van der Waals surface area contributed by atoms with Crippen LogP contribution in [0.5, 0.6) is 0 Å². The lowest BCUT2D eigenvalue weighted by Gasteiger charge is -2.23. The first-order valence-electron chi connectivity index (χ1n) is 8.04. The van der Waals surface area contributed by atoms with E-state index in [1.165, 1.54) is 11.1 Å². The van der Waals surface area contributed by atoms with Gasteiger partial charge in [0.25, 0.3) is 0 Å². The van der Waals surface area contributed by atoms with Crippen LogP contribution in [-0.2, 0) is 17.0 Å². The van der Waals surface area contributed by atoms with E-state index < -0.39 is 0 Å². The molecule has 2 aromatic rings. The van der Waals surface area contributed by atoms with Gasteiger partial charge in [-0.1, -0.05) is 59.9 Å². The predicted octanol–water partition coefficient (Wildman–Crippen LogP) is 4.63. The highest BCUT2D eigenvalue weighted by Crippen LogP contribution is 2.36. The number of amides is 1. The molecule has 3 nitrogen and oxygen atoms in total. The lowest BCUT2D eigenvalue weighted by atomic mass is 10.1. The summed E-state index contributed by atoms with van der Waals surface area (Å²) in [5.74, 6) is 1.53. The average molecular weight is 354 g/mol. The van der Waals surface area contributed by atoms with Crippen molar-refractivity contribution in [3.05, 3.63) is 59.7 Å². The summed E-state index contributed by atoms with van der Waals surface area (Å²) in [6.07, 6.45) is 0.940. The molecule has 1 atom stereocenters. The van der Waals surface area contributed by atoms with Crippen molar-refractivity contribution in [2.24, 2.45) is 4.99 Å². The maximum atomic E-state index is 12.7. The number of thioether (sulfide) groups is 2. The number of carbonyl (C=O) groups excluding carboxylic acids is 1. The normalized spacial score (nSPS) is 18.8. The van der Waals surface area contributed by atoms with Crippen molar-refractivity contribution >= 4 is 45.2 Å². The van der Waals surface area contributed by atoms with Crippen molar-refractivity contribution in [3.63, 3.8) is 0 Å². The van der Waals surface area contributed by atoms with Crippen LogP contribution in [-0.4, -0.2) is 22.1 Å². The van der Waals surface area contributed by atoms with Crippen LogP contribution in [0.4, 0.5) is 11.4 Å². The number of rotatable bonds is 2. The second-order valence-electron chi connectivity index (χ2n) is 6.03. The number of aliphatic imine (C=N–C) groups is 1. The van der Waals surface area contributed by atoms with Gasteiger partial charge < -0.3 is 4.90 Å². The summed E-state index contributed by atoms with van der Waals surface area (Å²) in [4.78, 5) is 19.4. The molecule has 5 heteroatoms. The Morgan fingerprint density at radius 2 is 1.96 bits per heavy atom. The van der Waals surface area contributed by atoms with E-state index in [0.717, 1.165) is 27.9 Å². The SMILES string of the molecule is C[C@H]1Cc2ccccc2N1C(=O)CSC1=Nc2ccccc2CS1. The molecular formula is C19H18N2OS2. The van der Waals surface area contributed by atoms with E-state index in [0.29, 0.717) is 5.75 Å². The number of hydrogen-bond donors (Lipinski definition) is 0. The van der Waals surface area contributed by atoms with Gasteiger partial charge in [0.15, 0.2) is 0 Å². The maximum absolute atomic E-state index is 12.7. The Morgan fingerprint density at radius 3 is 2.83 bits per heavy atom. The van der Waals surface area contributed by atoms with Crippen LogP contribution in [0.15, 0.2) is 53.5 Å².